The molecule has 0 saturated heterocycles. The number of carboxylic acid groups (broad SMARTS) is 1. The van der Waals surface area contributed by atoms with Crippen molar-refractivity contribution >= 4 is 33.3 Å². The Hall–Kier alpha value is -1.62. The Morgan fingerprint density at radius 2 is 2.38 bits per heavy atom. The lowest BCUT2D eigenvalue weighted by atomic mass is 10.3. The monoisotopic (exact) mass is 194 g/mol. The lowest BCUT2D eigenvalue weighted by Gasteiger charge is -1.98. The summed E-state index contributed by atoms with van der Waals surface area (Å²) in [4.78, 5) is 14.4. The minimum absolute atomic E-state index is 0.547. The van der Waals surface area contributed by atoms with Crippen LogP contribution in [-0.2, 0) is 0 Å². The van der Waals surface area contributed by atoms with Crippen molar-refractivity contribution in [2.75, 3.05) is 5.32 Å². The molecule has 0 aliphatic rings. The van der Waals surface area contributed by atoms with Crippen LogP contribution in [0.3, 0.4) is 0 Å². The maximum absolute atomic E-state index is 10.3. The predicted molar refractivity (Wildman–Crippen MR) is 51.3 cm³/mol. The number of carbonyl (C=O) groups is 1. The number of rotatable bonds is 1. The molecular weight excluding hydrogens is 188 g/mol. The largest absolute Gasteiger partial charge is 0.465 e. The van der Waals surface area contributed by atoms with Gasteiger partial charge in [0, 0.05) is 5.69 Å². The van der Waals surface area contributed by atoms with E-state index in [2.05, 4.69) is 10.3 Å². The average molecular weight is 194 g/mol. The van der Waals surface area contributed by atoms with E-state index in [0.29, 0.717) is 5.69 Å². The fraction of sp³-hybridized carbons (Fsp3) is 0. The summed E-state index contributed by atoms with van der Waals surface area (Å²) in [6.45, 7) is 0. The van der Waals surface area contributed by atoms with Crippen molar-refractivity contribution in [1.29, 1.82) is 0 Å². The second kappa shape index (κ2) is 3.02. The lowest BCUT2D eigenvalue weighted by Crippen LogP contribution is -2.06. The summed E-state index contributed by atoms with van der Waals surface area (Å²) in [5, 5.41) is 10.7. The highest BCUT2D eigenvalue weighted by molar-refractivity contribution is 7.16. The molecule has 0 aliphatic heterocycles. The topological polar surface area (TPSA) is 62.2 Å². The van der Waals surface area contributed by atoms with E-state index in [1.54, 1.807) is 17.6 Å². The summed E-state index contributed by atoms with van der Waals surface area (Å²) in [6.07, 6.45) is -1.06. The van der Waals surface area contributed by atoms with Gasteiger partial charge in [0.1, 0.15) is 0 Å². The SMILES string of the molecule is O=C(O)Nc1ccc2scnc2c1. The summed E-state index contributed by atoms with van der Waals surface area (Å²) in [7, 11) is 0. The van der Waals surface area contributed by atoms with Crippen molar-refractivity contribution in [3.63, 3.8) is 0 Å². The van der Waals surface area contributed by atoms with Crippen LogP contribution in [0.25, 0.3) is 10.2 Å². The molecule has 2 aromatic rings. The third-order valence-corrected chi connectivity index (χ3v) is 2.39. The van der Waals surface area contributed by atoms with Gasteiger partial charge in [-0.15, -0.1) is 11.3 Å². The van der Waals surface area contributed by atoms with Crippen molar-refractivity contribution in [3.05, 3.63) is 23.7 Å². The average Bonchev–Trinajstić information content (AvgIpc) is 2.49. The molecular formula is C8H6N2O2S. The molecule has 1 aromatic carbocycles. The zero-order valence-corrected chi connectivity index (χ0v) is 7.34. The molecule has 5 heteroatoms. The van der Waals surface area contributed by atoms with E-state index in [1.807, 2.05) is 6.07 Å². The summed E-state index contributed by atoms with van der Waals surface area (Å²) in [5.41, 5.74) is 3.09. The van der Waals surface area contributed by atoms with E-state index in [-0.39, 0.29) is 0 Å². The van der Waals surface area contributed by atoms with E-state index in [4.69, 9.17) is 5.11 Å². The van der Waals surface area contributed by atoms with E-state index < -0.39 is 6.09 Å². The van der Waals surface area contributed by atoms with Crippen LogP contribution in [0.1, 0.15) is 0 Å². The van der Waals surface area contributed by atoms with Gasteiger partial charge in [0.15, 0.2) is 0 Å². The van der Waals surface area contributed by atoms with Crippen LogP contribution in [0.5, 0.6) is 0 Å². The molecule has 0 fully saturated rings. The van der Waals surface area contributed by atoms with Crippen molar-refractivity contribution in [2.45, 2.75) is 0 Å². The Balaban J connectivity index is 2.42. The van der Waals surface area contributed by atoms with Gasteiger partial charge in [0.2, 0.25) is 0 Å². The Labute approximate surface area is 77.8 Å². The third-order valence-electron chi connectivity index (χ3n) is 1.58. The molecule has 1 heterocycles. The first-order valence-corrected chi connectivity index (χ1v) is 4.47. The predicted octanol–water partition coefficient (Wildman–Crippen LogP) is 2.39. The van der Waals surface area contributed by atoms with Crippen LogP contribution in [-0.4, -0.2) is 16.2 Å². The van der Waals surface area contributed by atoms with E-state index in [0.717, 1.165) is 10.2 Å². The van der Waals surface area contributed by atoms with Crippen LogP contribution in [0.4, 0.5) is 10.5 Å². The van der Waals surface area contributed by atoms with Gasteiger partial charge in [0.05, 0.1) is 15.7 Å². The molecule has 0 radical (unpaired) electrons. The number of anilines is 1. The zero-order chi connectivity index (χ0) is 9.26. The molecule has 0 atom stereocenters. The summed E-state index contributed by atoms with van der Waals surface area (Å²) >= 11 is 1.53. The Morgan fingerprint density at radius 1 is 1.54 bits per heavy atom. The second-order valence-corrected chi connectivity index (χ2v) is 3.35. The molecule has 0 spiro atoms. The summed E-state index contributed by atoms with van der Waals surface area (Å²) in [6, 6.07) is 5.27. The maximum atomic E-state index is 10.3. The summed E-state index contributed by atoms with van der Waals surface area (Å²) in [5.74, 6) is 0. The molecule has 13 heavy (non-hydrogen) atoms. The van der Waals surface area contributed by atoms with Crippen molar-refractivity contribution in [2.24, 2.45) is 0 Å². The van der Waals surface area contributed by atoms with E-state index in [9.17, 15) is 4.79 Å². The smallest absolute Gasteiger partial charge is 0.409 e. The fourth-order valence-electron chi connectivity index (χ4n) is 1.06. The summed E-state index contributed by atoms with van der Waals surface area (Å²) < 4.78 is 1.05. The first kappa shape index (κ1) is 8.00. The molecule has 0 bridgehead atoms. The molecule has 2 rings (SSSR count). The number of hydrogen-bond acceptors (Lipinski definition) is 3. The van der Waals surface area contributed by atoms with Gasteiger partial charge in [-0.05, 0) is 18.2 Å². The number of amides is 1. The molecule has 1 amide bonds. The molecule has 0 aliphatic carbocycles. The van der Waals surface area contributed by atoms with Crippen molar-refractivity contribution < 1.29 is 9.90 Å². The molecule has 1 aromatic heterocycles. The first-order valence-electron chi connectivity index (χ1n) is 3.59. The van der Waals surface area contributed by atoms with E-state index in [1.165, 1.54) is 11.3 Å². The zero-order valence-electron chi connectivity index (χ0n) is 6.52. The highest BCUT2D eigenvalue weighted by Gasteiger charge is 2.00. The first-order chi connectivity index (χ1) is 6.25. The van der Waals surface area contributed by atoms with Crippen LogP contribution in [0.2, 0.25) is 0 Å². The van der Waals surface area contributed by atoms with E-state index >= 15 is 0 Å². The number of aromatic nitrogens is 1. The van der Waals surface area contributed by atoms with Crippen molar-refractivity contribution in [1.82, 2.24) is 4.98 Å². The van der Waals surface area contributed by atoms with Crippen LogP contribution in [0.15, 0.2) is 23.7 Å². The van der Waals surface area contributed by atoms with Crippen molar-refractivity contribution in [3.8, 4) is 0 Å². The number of fused-ring (bicyclic) bond motifs is 1. The number of nitrogens with zero attached hydrogens (tertiary/aromatic N) is 1. The molecule has 0 unspecified atom stereocenters. The van der Waals surface area contributed by atoms with Gasteiger partial charge in [-0.25, -0.2) is 9.78 Å². The van der Waals surface area contributed by atoms with Gasteiger partial charge < -0.3 is 5.11 Å². The van der Waals surface area contributed by atoms with Gasteiger partial charge in [-0.3, -0.25) is 5.32 Å². The molecule has 0 saturated carbocycles. The van der Waals surface area contributed by atoms with Crippen LogP contribution >= 0.6 is 11.3 Å². The number of hydrogen-bond donors (Lipinski definition) is 2. The number of thiazole rings is 1. The minimum Gasteiger partial charge on any atom is -0.465 e. The van der Waals surface area contributed by atoms with Gasteiger partial charge in [-0.1, -0.05) is 0 Å². The highest BCUT2D eigenvalue weighted by atomic mass is 32.1. The third kappa shape index (κ3) is 1.59. The molecule has 2 N–H and O–H groups in total. The lowest BCUT2D eigenvalue weighted by molar-refractivity contribution is 0.210. The normalized spacial score (nSPS) is 10.2. The number of nitrogens with one attached hydrogen (secondary N) is 1. The molecule has 4 nitrogen and oxygen atoms in total. The quantitative estimate of drug-likeness (QED) is 0.732. The van der Waals surface area contributed by atoms with Gasteiger partial charge in [0.25, 0.3) is 0 Å². The van der Waals surface area contributed by atoms with Crippen LogP contribution < -0.4 is 5.32 Å². The Bertz CT molecular complexity index is 452. The van der Waals surface area contributed by atoms with Gasteiger partial charge >= 0.3 is 6.09 Å². The Morgan fingerprint density at radius 3 is 3.15 bits per heavy atom. The van der Waals surface area contributed by atoms with Crippen LogP contribution in [0, 0.1) is 0 Å². The molecule has 66 valence electrons. The fourth-order valence-corrected chi connectivity index (χ4v) is 1.72. The maximum Gasteiger partial charge on any atom is 0.409 e. The van der Waals surface area contributed by atoms with Gasteiger partial charge in [-0.2, -0.15) is 0 Å². The Kier molecular flexibility index (Phi) is 1.86. The number of benzene rings is 1. The standard InChI is InChI=1S/C8H6N2O2S/c11-8(12)10-5-1-2-7-6(3-5)9-4-13-7/h1-4,10H,(H,11,12). The highest BCUT2D eigenvalue weighted by Crippen LogP contribution is 2.21. The minimum atomic E-state index is -1.06. The second-order valence-electron chi connectivity index (χ2n) is 2.47.